The molecule has 3 heteroatoms. The van der Waals surface area contributed by atoms with Crippen molar-refractivity contribution in [1.29, 1.82) is 0 Å². The smallest absolute Gasteiger partial charge is 0.155 e. The Hall–Kier alpha value is -0.670. The van der Waals surface area contributed by atoms with Crippen molar-refractivity contribution in [3.05, 3.63) is 11.6 Å². The maximum Gasteiger partial charge on any atom is 0.155 e. The monoisotopic (exact) mass is 411 g/mol. The summed E-state index contributed by atoms with van der Waals surface area (Å²) in [6.45, 7) is 9.13. The molecule has 1 N–H and O–H groups in total. The number of aliphatic hydroxyl groups is 1. The second-order valence-electron chi connectivity index (χ2n) is 12.5. The van der Waals surface area contributed by atoms with Gasteiger partial charge in [0.2, 0.25) is 0 Å². The summed E-state index contributed by atoms with van der Waals surface area (Å²) in [5.41, 5.74) is 1.87. The Labute approximate surface area is 182 Å². The average molecular weight is 412 g/mol. The SMILES string of the molecule is C[C@H]1CC[C@@H]2[C@@H](C)[C@H]3[C@H](C[C@H]4[C@@H]5CCC6=CC(=O)CC[C@]6(C)[C@@H]5CC[C@]34CO)N2C1. The van der Waals surface area contributed by atoms with E-state index in [0.717, 1.165) is 49.0 Å². The van der Waals surface area contributed by atoms with Gasteiger partial charge in [-0.2, -0.15) is 0 Å². The number of rotatable bonds is 1. The first kappa shape index (κ1) is 20.0. The van der Waals surface area contributed by atoms with Gasteiger partial charge in [0.15, 0.2) is 5.78 Å². The summed E-state index contributed by atoms with van der Waals surface area (Å²) in [5, 5.41) is 10.9. The summed E-state index contributed by atoms with van der Waals surface area (Å²) in [6.07, 6.45) is 12.8. The van der Waals surface area contributed by atoms with Crippen molar-refractivity contribution in [3.63, 3.8) is 0 Å². The number of fused-ring (bicyclic) bond motifs is 9. The number of nitrogens with zero attached hydrogens (tertiary/aromatic N) is 1. The lowest BCUT2D eigenvalue weighted by atomic mass is 9.46. The van der Waals surface area contributed by atoms with E-state index in [2.05, 4.69) is 25.7 Å². The van der Waals surface area contributed by atoms with Crippen LogP contribution in [0.1, 0.15) is 78.6 Å². The van der Waals surface area contributed by atoms with E-state index < -0.39 is 0 Å². The van der Waals surface area contributed by atoms with Crippen LogP contribution in [0.25, 0.3) is 0 Å². The molecular weight excluding hydrogens is 370 g/mol. The molecule has 10 atom stereocenters. The number of ketones is 1. The molecule has 0 unspecified atom stereocenters. The number of carbonyl (C=O) groups excluding carboxylic acids is 1. The Morgan fingerprint density at radius 2 is 1.90 bits per heavy atom. The Morgan fingerprint density at radius 3 is 2.70 bits per heavy atom. The summed E-state index contributed by atoms with van der Waals surface area (Å²) >= 11 is 0. The Kier molecular flexibility index (Phi) is 4.44. The molecule has 0 aromatic carbocycles. The first-order valence-corrected chi connectivity index (χ1v) is 13.0. The Bertz CT molecular complexity index is 775. The van der Waals surface area contributed by atoms with E-state index in [9.17, 15) is 9.90 Å². The standard InChI is InChI=1S/C27H41NO2/c1-16-4-7-23-17(2)25-24(28(23)14-16)13-22-20-6-5-18-12-19(30)8-10-26(18,3)21(20)9-11-27(22,25)15-29/h12,16-17,20-25,29H,4-11,13-15H2,1-3H3/t16-,17+,20+,21+,22-,23+,24-,25-,26-,27+/m0/s1. The zero-order valence-corrected chi connectivity index (χ0v) is 19.3. The fraction of sp³-hybridized carbons (Fsp3) is 0.889. The molecule has 30 heavy (non-hydrogen) atoms. The van der Waals surface area contributed by atoms with Crippen LogP contribution in [-0.4, -0.2) is 41.0 Å². The van der Waals surface area contributed by atoms with E-state index >= 15 is 0 Å². The predicted molar refractivity (Wildman–Crippen MR) is 119 cm³/mol. The molecule has 0 spiro atoms. The molecule has 0 bridgehead atoms. The molecule has 0 aromatic rings. The molecule has 166 valence electrons. The topological polar surface area (TPSA) is 40.5 Å². The van der Waals surface area contributed by atoms with Crippen molar-refractivity contribution >= 4 is 5.78 Å². The second kappa shape index (κ2) is 6.67. The van der Waals surface area contributed by atoms with Crippen molar-refractivity contribution in [1.82, 2.24) is 4.90 Å². The normalized spacial score (nSPS) is 55.2. The summed E-state index contributed by atoms with van der Waals surface area (Å²) < 4.78 is 0. The van der Waals surface area contributed by atoms with Crippen LogP contribution in [0.3, 0.4) is 0 Å². The van der Waals surface area contributed by atoms with Crippen LogP contribution in [0.15, 0.2) is 11.6 Å². The zero-order valence-electron chi connectivity index (χ0n) is 19.3. The Balaban J connectivity index is 1.35. The summed E-state index contributed by atoms with van der Waals surface area (Å²) in [7, 11) is 0. The van der Waals surface area contributed by atoms with Gasteiger partial charge in [0.1, 0.15) is 0 Å². The number of hydrogen-bond donors (Lipinski definition) is 1. The third kappa shape index (κ3) is 2.43. The van der Waals surface area contributed by atoms with Crippen LogP contribution < -0.4 is 0 Å². The largest absolute Gasteiger partial charge is 0.396 e. The number of allylic oxidation sites excluding steroid dienone is 1. The molecule has 2 saturated heterocycles. The van der Waals surface area contributed by atoms with Gasteiger partial charge in [-0.25, -0.2) is 0 Å². The van der Waals surface area contributed by atoms with Crippen molar-refractivity contribution in [2.75, 3.05) is 13.2 Å². The van der Waals surface area contributed by atoms with Crippen molar-refractivity contribution in [3.8, 4) is 0 Å². The maximum absolute atomic E-state index is 12.1. The summed E-state index contributed by atoms with van der Waals surface area (Å²) in [6, 6.07) is 1.47. The van der Waals surface area contributed by atoms with Crippen LogP contribution in [0.4, 0.5) is 0 Å². The molecule has 6 aliphatic rings. The predicted octanol–water partition coefficient (Wildman–Crippen LogP) is 4.84. The molecule has 3 nitrogen and oxygen atoms in total. The van der Waals surface area contributed by atoms with Crippen molar-refractivity contribution in [2.45, 2.75) is 90.6 Å². The van der Waals surface area contributed by atoms with Gasteiger partial charge in [0.25, 0.3) is 0 Å². The van der Waals surface area contributed by atoms with Gasteiger partial charge < -0.3 is 5.11 Å². The van der Waals surface area contributed by atoms with Crippen LogP contribution in [0.5, 0.6) is 0 Å². The third-order valence-electron chi connectivity index (χ3n) is 11.6. The van der Waals surface area contributed by atoms with Crippen molar-refractivity contribution < 1.29 is 9.90 Å². The lowest BCUT2D eigenvalue weighted by Gasteiger charge is -2.59. The highest BCUT2D eigenvalue weighted by molar-refractivity contribution is 5.91. The van der Waals surface area contributed by atoms with Crippen LogP contribution in [0, 0.1) is 46.3 Å². The summed E-state index contributed by atoms with van der Waals surface area (Å²) in [4.78, 5) is 15.0. The maximum atomic E-state index is 12.1. The van der Waals surface area contributed by atoms with Crippen LogP contribution in [-0.2, 0) is 4.79 Å². The molecule has 2 heterocycles. The number of carbonyl (C=O) groups is 1. The minimum Gasteiger partial charge on any atom is -0.396 e. The molecule has 2 aliphatic heterocycles. The van der Waals surface area contributed by atoms with E-state index in [1.807, 2.05) is 6.08 Å². The zero-order chi connectivity index (χ0) is 20.8. The fourth-order valence-corrected chi connectivity index (χ4v) is 10.3. The van der Waals surface area contributed by atoms with Crippen molar-refractivity contribution in [2.24, 2.45) is 46.3 Å². The fourth-order valence-electron chi connectivity index (χ4n) is 10.3. The van der Waals surface area contributed by atoms with Gasteiger partial charge in [-0.15, -0.1) is 0 Å². The summed E-state index contributed by atoms with van der Waals surface area (Å²) in [5.74, 6) is 4.78. The minimum atomic E-state index is 0.161. The number of piperidine rings is 1. The van der Waals surface area contributed by atoms with Crippen LogP contribution in [0.2, 0.25) is 0 Å². The minimum absolute atomic E-state index is 0.161. The number of hydrogen-bond acceptors (Lipinski definition) is 3. The third-order valence-corrected chi connectivity index (χ3v) is 11.6. The molecule has 0 radical (unpaired) electrons. The molecular formula is C27H41NO2. The van der Waals surface area contributed by atoms with Gasteiger partial charge >= 0.3 is 0 Å². The highest BCUT2D eigenvalue weighted by atomic mass is 16.3. The molecule has 0 amide bonds. The molecule has 0 aromatic heterocycles. The lowest BCUT2D eigenvalue weighted by molar-refractivity contribution is -0.119. The lowest BCUT2D eigenvalue weighted by Crippen LogP contribution is -2.53. The van der Waals surface area contributed by atoms with E-state index in [-0.39, 0.29) is 10.8 Å². The highest BCUT2D eigenvalue weighted by Gasteiger charge is 2.68. The van der Waals surface area contributed by atoms with E-state index in [1.54, 1.807) is 0 Å². The van der Waals surface area contributed by atoms with Gasteiger partial charge in [-0.1, -0.05) is 26.3 Å². The first-order chi connectivity index (χ1) is 14.4. The second-order valence-corrected chi connectivity index (χ2v) is 12.5. The molecule has 3 saturated carbocycles. The van der Waals surface area contributed by atoms with Gasteiger partial charge in [-0.05, 0) is 98.4 Å². The van der Waals surface area contributed by atoms with Gasteiger partial charge in [0, 0.05) is 37.1 Å². The van der Waals surface area contributed by atoms with E-state index in [1.165, 1.54) is 50.6 Å². The average Bonchev–Trinajstić information content (AvgIpc) is 3.22. The molecule has 4 aliphatic carbocycles. The van der Waals surface area contributed by atoms with E-state index in [4.69, 9.17) is 0 Å². The molecule has 6 rings (SSSR count). The van der Waals surface area contributed by atoms with Crippen LogP contribution >= 0.6 is 0 Å². The first-order valence-electron chi connectivity index (χ1n) is 13.0. The molecule has 5 fully saturated rings. The van der Waals surface area contributed by atoms with Gasteiger partial charge in [0.05, 0.1) is 0 Å². The van der Waals surface area contributed by atoms with Gasteiger partial charge in [-0.3, -0.25) is 9.69 Å². The Morgan fingerprint density at radius 1 is 1.07 bits per heavy atom. The number of aliphatic hydroxyl groups excluding tert-OH is 1. The van der Waals surface area contributed by atoms with E-state index in [0.29, 0.717) is 30.3 Å². The highest BCUT2D eigenvalue weighted by Crippen LogP contribution is 2.70. The quantitative estimate of drug-likeness (QED) is 0.671.